The Balaban J connectivity index is 2.11. The number of rotatable bonds is 4. The van der Waals surface area contributed by atoms with Crippen LogP contribution in [0.1, 0.15) is 5.56 Å². The number of nitrogens with two attached hydrogens (primary N) is 1. The van der Waals surface area contributed by atoms with Crippen LogP contribution in [0.4, 0.5) is 0 Å². The molecule has 0 saturated carbocycles. The lowest BCUT2D eigenvalue weighted by Crippen LogP contribution is -2.29. The number of thioether (sulfide) groups is 1. The van der Waals surface area contributed by atoms with Crippen molar-refractivity contribution in [3.05, 3.63) is 46.3 Å². The van der Waals surface area contributed by atoms with E-state index in [-0.39, 0.29) is 11.6 Å². The minimum absolute atomic E-state index is 0.0759. The lowest BCUT2D eigenvalue weighted by molar-refractivity contribution is 0.554. The van der Waals surface area contributed by atoms with Gasteiger partial charge >= 0.3 is 5.63 Å². The molecule has 0 amide bonds. The van der Waals surface area contributed by atoms with Crippen LogP contribution in [-0.2, 0) is 5.75 Å². The Morgan fingerprint density at radius 3 is 3.00 bits per heavy atom. The smallest absolute Gasteiger partial charge is 0.340 e. The van der Waals surface area contributed by atoms with Crippen molar-refractivity contribution in [1.82, 2.24) is 5.32 Å². The number of fused-ring (bicyclic) bond motifs is 1. The van der Waals surface area contributed by atoms with E-state index >= 15 is 0 Å². The monoisotopic (exact) mass is 263 g/mol. The molecule has 18 heavy (non-hydrogen) atoms. The molecule has 0 atom stereocenters. The molecule has 0 unspecified atom stereocenters. The molecule has 5 nitrogen and oxygen atoms in total. The first kappa shape index (κ1) is 12.5. The van der Waals surface area contributed by atoms with Crippen molar-refractivity contribution >= 4 is 28.7 Å². The van der Waals surface area contributed by atoms with Gasteiger partial charge in [-0.2, -0.15) is 0 Å². The van der Waals surface area contributed by atoms with Crippen molar-refractivity contribution in [3.8, 4) is 0 Å². The summed E-state index contributed by atoms with van der Waals surface area (Å²) in [4.78, 5) is 11.7. The predicted octanol–water partition coefficient (Wildman–Crippen LogP) is 1.47. The van der Waals surface area contributed by atoms with Crippen molar-refractivity contribution < 1.29 is 4.42 Å². The summed E-state index contributed by atoms with van der Waals surface area (Å²) >= 11 is 1.47. The first-order valence-electron chi connectivity index (χ1n) is 5.34. The van der Waals surface area contributed by atoms with Gasteiger partial charge in [-0.3, -0.25) is 5.41 Å². The molecule has 1 aromatic heterocycles. The summed E-state index contributed by atoms with van der Waals surface area (Å²) in [6, 6.07) is 9.24. The van der Waals surface area contributed by atoms with Gasteiger partial charge in [0, 0.05) is 16.7 Å². The standard InChI is InChI=1S/C12H13N3O2S/c13-12(14)15-7-18-6-9-5-8-3-1-2-4-10(8)17-11(9)16/h1-5H,6-7H2,(H4,13,14,15). The maximum absolute atomic E-state index is 11.7. The molecule has 0 aliphatic rings. The number of nitrogens with one attached hydrogen (secondary N) is 2. The highest BCUT2D eigenvalue weighted by molar-refractivity contribution is 7.98. The second-order valence-corrected chi connectivity index (χ2v) is 4.67. The Kier molecular flexibility index (Phi) is 3.88. The summed E-state index contributed by atoms with van der Waals surface area (Å²) in [5.74, 6) is 0.933. The molecule has 0 bridgehead atoms. The van der Waals surface area contributed by atoms with Gasteiger partial charge in [0.2, 0.25) is 0 Å². The van der Waals surface area contributed by atoms with Crippen molar-refractivity contribution in [2.45, 2.75) is 5.75 Å². The zero-order valence-electron chi connectivity index (χ0n) is 9.60. The molecule has 0 saturated heterocycles. The SMILES string of the molecule is N=C(N)NCSCc1cc2ccccc2oc1=O. The molecule has 0 fully saturated rings. The fourth-order valence-electron chi connectivity index (χ4n) is 1.50. The molecule has 2 aromatic rings. The quantitative estimate of drug-likeness (QED) is 0.255. The second-order valence-electron chi connectivity index (χ2n) is 3.68. The van der Waals surface area contributed by atoms with E-state index in [0.717, 1.165) is 5.39 Å². The van der Waals surface area contributed by atoms with E-state index in [4.69, 9.17) is 15.6 Å². The van der Waals surface area contributed by atoms with Gasteiger partial charge in [-0.25, -0.2) is 4.79 Å². The molecule has 94 valence electrons. The van der Waals surface area contributed by atoms with Crippen LogP contribution >= 0.6 is 11.8 Å². The van der Waals surface area contributed by atoms with Crippen LogP contribution in [0.3, 0.4) is 0 Å². The highest BCUT2D eigenvalue weighted by Gasteiger charge is 2.04. The normalized spacial score (nSPS) is 10.4. The van der Waals surface area contributed by atoms with Gasteiger partial charge in [-0.05, 0) is 12.1 Å². The number of benzene rings is 1. The van der Waals surface area contributed by atoms with E-state index < -0.39 is 0 Å². The van der Waals surface area contributed by atoms with E-state index in [0.29, 0.717) is 22.8 Å². The highest BCUT2D eigenvalue weighted by Crippen LogP contribution is 2.15. The van der Waals surface area contributed by atoms with Gasteiger partial charge in [0.05, 0.1) is 5.88 Å². The molecule has 2 rings (SSSR count). The van der Waals surface area contributed by atoms with Crippen LogP contribution in [0.5, 0.6) is 0 Å². The fourth-order valence-corrected chi connectivity index (χ4v) is 2.28. The van der Waals surface area contributed by atoms with Crippen LogP contribution < -0.4 is 16.7 Å². The van der Waals surface area contributed by atoms with E-state index in [1.165, 1.54) is 11.8 Å². The third kappa shape index (κ3) is 3.04. The maximum Gasteiger partial charge on any atom is 0.340 e. The van der Waals surface area contributed by atoms with E-state index in [1.807, 2.05) is 24.3 Å². The summed E-state index contributed by atoms with van der Waals surface area (Å²) in [5, 5.41) is 10.6. The molecule has 0 aliphatic heterocycles. The maximum atomic E-state index is 11.7. The molecular weight excluding hydrogens is 250 g/mol. The summed E-state index contributed by atoms with van der Waals surface area (Å²) in [6.45, 7) is 0. The van der Waals surface area contributed by atoms with Gasteiger partial charge in [0.1, 0.15) is 5.58 Å². The van der Waals surface area contributed by atoms with Crippen LogP contribution in [0, 0.1) is 5.41 Å². The lowest BCUT2D eigenvalue weighted by atomic mass is 10.2. The van der Waals surface area contributed by atoms with Crippen LogP contribution in [0.2, 0.25) is 0 Å². The van der Waals surface area contributed by atoms with Crippen LogP contribution in [-0.4, -0.2) is 11.8 Å². The number of hydrogen-bond donors (Lipinski definition) is 3. The number of guanidine groups is 1. The van der Waals surface area contributed by atoms with Gasteiger partial charge in [0.25, 0.3) is 0 Å². The average Bonchev–Trinajstić information content (AvgIpc) is 2.34. The zero-order chi connectivity index (χ0) is 13.0. The molecule has 1 aromatic carbocycles. The van der Waals surface area contributed by atoms with Gasteiger partial charge in [0.15, 0.2) is 5.96 Å². The van der Waals surface area contributed by atoms with Gasteiger partial charge in [-0.15, -0.1) is 11.8 Å². The Morgan fingerprint density at radius 2 is 2.22 bits per heavy atom. The summed E-state index contributed by atoms with van der Waals surface area (Å²) < 4.78 is 5.21. The average molecular weight is 263 g/mol. The lowest BCUT2D eigenvalue weighted by Gasteiger charge is -2.04. The molecule has 0 radical (unpaired) electrons. The topological polar surface area (TPSA) is 92.1 Å². The summed E-state index contributed by atoms with van der Waals surface area (Å²) in [6.07, 6.45) is 0. The van der Waals surface area contributed by atoms with Crippen molar-refractivity contribution in [2.24, 2.45) is 5.73 Å². The summed E-state index contributed by atoms with van der Waals surface area (Å²) in [7, 11) is 0. The predicted molar refractivity (Wildman–Crippen MR) is 73.7 cm³/mol. The summed E-state index contributed by atoms with van der Waals surface area (Å²) in [5.41, 5.74) is 6.05. The first-order chi connectivity index (χ1) is 8.66. The largest absolute Gasteiger partial charge is 0.423 e. The van der Waals surface area contributed by atoms with Crippen molar-refractivity contribution in [1.29, 1.82) is 5.41 Å². The van der Waals surface area contributed by atoms with E-state index in [2.05, 4.69) is 5.32 Å². The minimum Gasteiger partial charge on any atom is -0.423 e. The molecule has 1 heterocycles. The third-order valence-corrected chi connectivity index (χ3v) is 3.20. The Morgan fingerprint density at radius 1 is 1.44 bits per heavy atom. The van der Waals surface area contributed by atoms with Crippen LogP contribution in [0.25, 0.3) is 11.0 Å². The van der Waals surface area contributed by atoms with Crippen molar-refractivity contribution in [2.75, 3.05) is 5.88 Å². The number of hydrogen-bond acceptors (Lipinski definition) is 4. The van der Waals surface area contributed by atoms with Crippen molar-refractivity contribution in [3.63, 3.8) is 0 Å². The number of para-hydroxylation sites is 1. The fraction of sp³-hybridized carbons (Fsp3) is 0.167. The molecule has 0 aliphatic carbocycles. The molecular formula is C12H13N3O2S. The zero-order valence-corrected chi connectivity index (χ0v) is 10.4. The minimum atomic E-state index is -0.316. The molecule has 0 spiro atoms. The van der Waals surface area contributed by atoms with Gasteiger partial charge < -0.3 is 15.5 Å². The van der Waals surface area contributed by atoms with Gasteiger partial charge in [-0.1, -0.05) is 18.2 Å². The highest BCUT2D eigenvalue weighted by atomic mass is 32.2. The second kappa shape index (κ2) is 5.59. The third-order valence-electron chi connectivity index (χ3n) is 2.34. The van der Waals surface area contributed by atoms with Crippen LogP contribution in [0.15, 0.2) is 39.5 Å². The Hall–Kier alpha value is -1.95. The Labute approximate surface area is 108 Å². The Bertz CT molecular complexity index is 624. The first-order valence-corrected chi connectivity index (χ1v) is 6.49. The molecule has 4 N–H and O–H groups in total. The van der Waals surface area contributed by atoms with E-state index in [1.54, 1.807) is 6.07 Å². The van der Waals surface area contributed by atoms with E-state index in [9.17, 15) is 4.79 Å². The molecule has 6 heteroatoms.